The minimum atomic E-state index is 0.123. The Hall–Kier alpha value is -0.870. The Bertz CT molecular complexity index is 400. The Balaban J connectivity index is 2.22. The number of nitrogen functional groups attached to an aromatic ring is 1. The summed E-state index contributed by atoms with van der Waals surface area (Å²) in [6.07, 6.45) is 1.82. The largest absolute Gasteiger partial charge is 0.398 e. The number of piperidine rings is 1. The first-order valence-corrected chi connectivity index (χ1v) is 6.28. The van der Waals surface area contributed by atoms with Crippen molar-refractivity contribution in [2.45, 2.75) is 12.8 Å². The Morgan fingerprint density at radius 2 is 2.06 bits per heavy atom. The molecule has 4 heteroatoms. The molecule has 0 bridgehead atoms. The van der Waals surface area contributed by atoms with Gasteiger partial charge in [0.1, 0.15) is 0 Å². The van der Waals surface area contributed by atoms with Crippen LogP contribution in [0.4, 0.5) is 5.69 Å². The molecule has 3 nitrogen and oxygen atoms in total. The number of carbonyl (C=O) groups is 1. The van der Waals surface area contributed by atoms with Gasteiger partial charge in [-0.1, -0.05) is 15.9 Å². The van der Waals surface area contributed by atoms with E-state index in [9.17, 15) is 4.79 Å². The number of hydrogen-bond acceptors (Lipinski definition) is 3. The minimum absolute atomic E-state index is 0.123. The van der Waals surface area contributed by atoms with Gasteiger partial charge in [0.25, 0.3) is 0 Å². The standard InChI is InChI=1S/C12H15BrN2O/c13-9-1-2-11(14)10(7-9)12(16)8-3-5-15-6-4-8/h1-2,7-8,15H,3-6,14H2. The number of rotatable bonds is 2. The van der Waals surface area contributed by atoms with E-state index in [4.69, 9.17) is 5.73 Å². The number of carbonyl (C=O) groups excluding carboxylic acids is 1. The monoisotopic (exact) mass is 282 g/mol. The number of nitrogens with one attached hydrogen (secondary N) is 1. The highest BCUT2D eigenvalue weighted by Crippen LogP contribution is 2.24. The summed E-state index contributed by atoms with van der Waals surface area (Å²) in [6.45, 7) is 1.84. The lowest BCUT2D eigenvalue weighted by atomic mass is 9.89. The van der Waals surface area contributed by atoms with Crippen molar-refractivity contribution in [2.75, 3.05) is 18.8 Å². The number of ketones is 1. The molecule has 0 aliphatic carbocycles. The van der Waals surface area contributed by atoms with Gasteiger partial charge in [-0.2, -0.15) is 0 Å². The first-order valence-electron chi connectivity index (χ1n) is 5.48. The van der Waals surface area contributed by atoms with Crippen molar-refractivity contribution in [3.63, 3.8) is 0 Å². The van der Waals surface area contributed by atoms with Gasteiger partial charge in [-0.25, -0.2) is 0 Å². The van der Waals surface area contributed by atoms with Gasteiger partial charge >= 0.3 is 0 Å². The summed E-state index contributed by atoms with van der Waals surface area (Å²) in [4.78, 5) is 12.2. The van der Waals surface area contributed by atoms with E-state index < -0.39 is 0 Å². The number of hydrogen-bond donors (Lipinski definition) is 2. The highest BCUT2D eigenvalue weighted by Gasteiger charge is 2.23. The molecular weight excluding hydrogens is 268 g/mol. The van der Waals surface area contributed by atoms with Crippen LogP contribution in [0.15, 0.2) is 22.7 Å². The maximum atomic E-state index is 12.2. The SMILES string of the molecule is Nc1ccc(Br)cc1C(=O)C1CCNCC1. The van der Waals surface area contributed by atoms with E-state index >= 15 is 0 Å². The fraction of sp³-hybridized carbons (Fsp3) is 0.417. The molecule has 0 aromatic heterocycles. The van der Waals surface area contributed by atoms with Crippen molar-refractivity contribution >= 4 is 27.4 Å². The quantitative estimate of drug-likeness (QED) is 0.646. The second-order valence-corrected chi connectivity index (χ2v) is 5.04. The zero-order valence-corrected chi connectivity index (χ0v) is 10.6. The van der Waals surface area contributed by atoms with Crippen LogP contribution in [0.1, 0.15) is 23.2 Å². The summed E-state index contributed by atoms with van der Waals surface area (Å²) in [5, 5.41) is 3.25. The van der Waals surface area contributed by atoms with Gasteiger partial charge in [-0.3, -0.25) is 4.79 Å². The zero-order valence-electron chi connectivity index (χ0n) is 9.00. The molecule has 1 aromatic rings. The lowest BCUT2D eigenvalue weighted by Crippen LogP contribution is -2.32. The summed E-state index contributed by atoms with van der Waals surface area (Å²) in [6, 6.07) is 5.45. The fourth-order valence-corrected chi connectivity index (χ4v) is 2.41. The van der Waals surface area contributed by atoms with Crippen LogP contribution >= 0.6 is 15.9 Å². The maximum absolute atomic E-state index is 12.2. The van der Waals surface area contributed by atoms with Crippen molar-refractivity contribution in [2.24, 2.45) is 5.92 Å². The number of halogens is 1. The Labute approximate surface area is 104 Å². The van der Waals surface area contributed by atoms with Crippen molar-refractivity contribution in [3.05, 3.63) is 28.2 Å². The van der Waals surface area contributed by atoms with Crippen molar-refractivity contribution in [1.82, 2.24) is 5.32 Å². The van der Waals surface area contributed by atoms with E-state index in [2.05, 4.69) is 21.2 Å². The van der Waals surface area contributed by atoms with Gasteiger partial charge in [0, 0.05) is 21.6 Å². The summed E-state index contributed by atoms with van der Waals surface area (Å²) in [5.41, 5.74) is 7.07. The van der Waals surface area contributed by atoms with E-state index in [-0.39, 0.29) is 11.7 Å². The van der Waals surface area contributed by atoms with Gasteiger partial charge in [0.15, 0.2) is 5.78 Å². The molecule has 1 fully saturated rings. The molecule has 0 amide bonds. The third-order valence-corrected chi connectivity index (χ3v) is 3.48. The first kappa shape index (κ1) is 11.6. The predicted octanol–water partition coefficient (Wildman–Crippen LogP) is 2.21. The molecule has 86 valence electrons. The van der Waals surface area contributed by atoms with Crippen LogP contribution in [-0.2, 0) is 0 Å². The van der Waals surface area contributed by atoms with Crippen LogP contribution in [-0.4, -0.2) is 18.9 Å². The average molecular weight is 283 g/mol. The molecule has 16 heavy (non-hydrogen) atoms. The van der Waals surface area contributed by atoms with Gasteiger partial charge in [-0.15, -0.1) is 0 Å². The number of benzene rings is 1. The lowest BCUT2D eigenvalue weighted by Gasteiger charge is -2.22. The van der Waals surface area contributed by atoms with E-state index in [0.717, 1.165) is 30.4 Å². The van der Waals surface area contributed by atoms with Crippen LogP contribution in [0.25, 0.3) is 0 Å². The fourth-order valence-electron chi connectivity index (χ4n) is 2.05. The zero-order chi connectivity index (χ0) is 11.5. The van der Waals surface area contributed by atoms with Crippen LogP contribution in [0.5, 0.6) is 0 Å². The van der Waals surface area contributed by atoms with E-state index in [1.54, 1.807) is 6.07 Å². The predicted molar refractivity (Wildman–Crippen MR) is 68.5 cm³/mol. The third-order valence-electron chi connectivity index (χ3n) is 2.99. The molecular formula is C12H15BrN2O. The second-order valence-electron chi connectivity index (χ2n) is 4.12. The van der Waals surface area contributed by atoms with Crippen LogP contribution in [0, 0.1) is 5.92 Å². The van der Waals surface area contributed by atoms with Crippen LogP contribution in [0.3, 0.4) is 0 Å². The van der Waals surface area contributed by atoms with Crippen molar-refractivity contribution in [1.29, 1.82) is 0 Å². The summed E-state index contributed by atoms with van der Waals surface area (Å²) >= 11 is 3.37. The van der Waals surface area contributed by atoms with E-state index in [1.165, 1.54) is 0 Å². The minimum Gasteiger partial charge on any atom is -0.398 e. The molecule has 0 unspecified atom stereocenters. The molecule has 1 aliphatic heterocycles. The third kappa shape index (κ3) is 2.44. The molecule has 0 spiro atoms. The topological polar surface area (TPSA) is 55.1 Å². The summed E-state index contributed by atoms with van der Waals surface area (Å²) < 4.78 is 0.902. The molecule has 0 atom stereocenters. The Morgan fingerprint density at radius 3 is 2.75 bits per heavy atom. The normalized spacial score (nSPS) is 17.3. The van der Waals surface area contributed by atoms with Crippen LogP contribution < -0.4 is 11.1 Å². The molecule has 1 heterocycles. The van der Waals surface area contributed by atoms with E-state index in [1.807, 2.05) is 12.1 Å². The van der Waals surface area contributed by atoms with Crippen LogP contribution in [0.2, 0.25) is 0 Å². The highest BCUT2D eigenvalue weighted by molar-refractivity contribution is 9.10. The van der Waals surface area contributed by atoms with Gasteiger partial charge in [0.2, 0.25) is 0 Å². The molecule has 0 radical (unpaired) electrons. The molecule has 1 saturated heterocycles. The first-order chi connectivity index (χ1) is 7.68. The van der Waals surface area contributed by atoms with Crippen molar-refractivity contribution < 1.29 is 4.79 Å². The molecule has 3 N–H and O–H groups in total. The molecule has 1 aliphatic rings. The second kappa shape index (κ2) is 4.97. The number of Topliss-reactive ketones (excluding diaryl/α,β-unsaturated/α-hetero) is 1. The Morgan fingerprint density at radius 1 is 1.38 bits per heavy atom. The van der Waals surface area contributed by atoms with Gasteiger partial charge in [-0.05, 0) is 44.1 Å². The Kier molecular flexibility index (Phi) is 3.61. The molecule has 1 aromatic carbocycles. The van der Waals surface area contributed by atoms with Gasteiger partial charge in [0.05, 0.1) is 0 Å². The maximum Gasteiger partial charge on any atom is 0.168 e. The average Bonchev–Trinajstić information content (AvgIpc) is 2.32. The van der Waals surface area contributed by atoms with Gasteiger partial charge < -0.3 is 11.1 Å². The van der Waals surface area contributed by atoms with E-state index in [0.29, 0.717) is 11.3 Å². The molecule has 0 saturated carbocycles. The molecule has 2 rings (SSSR count). The van der Waals surface area contributed by atoms with Crippen molar-refractivity contribution in [3.8, 4) is 0 Å². The summed E-state index contributed by atoms with van der Waals surface area (Å²) in [7, 11) is 0. The highest BCUT2D eigenvalue weighted by atomic mass is 79.9. The smallest absolute Gasteiger partial charge is 0.168 e. The lowest BCUT2D eigenvalue weighted by molar-refractivity contribution is 0.0896. The number of nitrogens with two attached hydrogens (primary N) is 1. The summed E-state index contributed by atoms with van der Waals surface area (Å²) in [5.74, 6) is 0.304. The number of anilines is 1.